The lowest BCUT2D eigenvalue weighted by Gasteiger charge is -2.17. The fraction of sp³-hybridized carbons (Fsp3) is 0.667. The zero-order valence-electron chi connectivity index (χ0n) is 13.2. The summed E-state index contributed by atoms with van der Waals surface area (Å²) in [5, 5.41) is 6.27. The Hall–Kier alpha value is -1.85. The maximum atomic E-state index is 12.1. The van der Waals surface area contributed by atoms with E-state index in [1.807, 2.05) is 18.9 Å². The van der Waals surface area contributed by atoms with Crippen molar-refractivity contribution in [3.63, 3.8) is 0 Å². The number of aryl methyl sites for hydroxylation is 1. The minimum Gasteiger partial charge on any atom is -0.373 e. The highest BCUT2D eigenvalue weighted by Crippen LogP contribution is 2.20. The van der Waals surface area contributed by atoms with Gasteiger partial charge in [-0.3, -0.25) is 4.79 Å². The van der Waals surface area contributed by atoms with Gasteiger partial charge in [-0.05, 0) is 26.2 Å². The average molecular weight is 291 g/mol. The average Bonchev–Trinajstić information content (AvgIpc) is 3.01. The van der Waals surface area contributed by atoms with Gasteiger partial charge < -0.3 is 15.5 Å². The van der Waals surface area contributed by atoms with Crippen LogP contribution in [0.3, 0.4) is 0 Å². The predicted octanol–water partition coefficient (Wildman–Crippen LogP) is 1.81. The van der Waals surface area contributed by atoms with Gasteiger partial charge in [0.05, 0.1) is 6.54 Å². The van der Waals surface area contributed by atoms with Crippen molar-refractivity contribution in [2.24, 2.45) is 0 Å². The highest BCUT2D eigenvalue weighted by molar-refractivity contribution is 5.81. The summed E-state index contributed by atoms with van der Waals surface area (Å²) in [6.07, 6.45) is 4.06. The molecule has 1 saturated heterocycles. The number of nitrogens with one attached hydrogen (secondary N) is 2. The van der Waals surface area contributed by atoms with Crippen LogP contribution in [0.25, 0.3) is 0 Å². The third-order valence-electron chi connectivity index (χ3n) is 3.77. The minimum absolute atomic E-state index is 0.147. The summed E-state index contributed by atoms with van der Waals surface area (Å²) < 4.78 is 0. The molecular weight excluding hydrogens is 266 g/mol. The van der Waals surface area contributed by atoms with E-state index >= 15 is 0 Å². The minimum atomic E-state index is 0.147. The number of amides is 1. The highest BCUT2D eigenvalue weighted by atomic mass is 16.2. The lowest BCUT2D eigenvalue weighted by atomic mass is 10.2. The van der Waals surface area contributed by atoms with E-state index in [4.69, 9.17) is 0 Å². The second kappa shape index (κ2) is 7.24. The topological polar surface area (TPSA) is 70.2 Å². The van der Waals surface area contributed by atoms with Crippen LogP contribution in [0, 0.1) is 6.92 Å². The van der Waals surface area contributed by atoms with E-state index in [0.29, 0.717) is 6.54 Å². The van der Waals surface area contributed by atoms with Gasteiger partial charge in [0.2, 0.25) is 5.91 Å². The van der Waals surface area contributed by atoms with Gasteiger partial charge in [0, 0.05) is 32.1 Å². The second-order valence-electron chi connectivity index (χ2n) is 5.40. The van der Waals surface area contributed by atoms with Crippen LogP contribution < -0.4 is 10.6 Å². The molecule has 0 spiro atoms. The number of carbonyl (C=O) groups excluding carboxylic acids is 1. The summed E-state index contributed by atoms with van der Waals surface area (Å²) in [4.78, 5) is 23.0. The summed E-state index contributed by atoms with van der Waals surface area (Å²) in [6, 6.07) is 0. The molecule has 1 aliphatic heterocycles. The molecule has 0 saturated carbocycles. The van der Waals surface area contributed by atoms with E-state index in [-0.39, 0.29) is 5.91 Å². The Bertz CT molecular complexity index is 497. The SMILES string of the molecule is CCCc1nc(NC)c(C)c(NCC(=O)N2CCCC2)n1. The molecule has 1 fully saturated rings. The number of carbonyl (C=O) groups is 1. The summed E-state index contributed by atoms with van der Waals surface area (Å²) in [6.45, 7) is 6.13. The molecule has 1 aromatic rings. The molecule has 6 nitrogen and oxygen atoms in total. The van der Waals surface area contributed by atoms with Crippen molar-refractivity contribution in [2.45, 2.75) is 39.5 Å². The third-order valence-corrected chi connectivity index (χ3v) is 3.77. The Morgan fingerprint density at radius 1 is 1.24 bits per heavy atom. The van der Waals surface area contributed by atoms with Crippen LogP contribution in [0.15, 0.2) is 0 Å². The maximum Gasteiger partial charge on any atom is 0.241 e. The largest absolute Gasteiger partial charge is 0.373 e. The zero-order valence-corrected chi connectivity index (χ0v) is 13.2. The van der Waals surface area contributed by atoms with Crippen molar-refractivity contribution >= 4 is 17.5 Å². The molecule has 1 aromatic heterocycles. The Labute approximate surface area is 126 Å². The number of hydrogen-bond donors (Lipinski definition) is 2. The molecule has 0 radical (unpaired) electrons. The predicted molar refractivity (Wildman–Crippen MR) is 84.6 cm³/mol. The first-order valence-corrected chi connectivity index (χ1v) is 7.72. The summed E-state index contributed by atoms with van der Waals surface area (Å²) in [7, 11) is 1.85. The summed E-state index contributed by atoms with van der Waals surface area (Å²) in [5.74, 6) is 2.53. The number of likely N-dealkylation sites (tertiary alicyclic amines) is 1. The van der Waals surface area contributed by atoms with Crippen LogP contribution in [0.5, 0.6) is 0 Å². The van der Waals surface area contributed by atoms with Crippen molar-refractivity contribution in [2.75, 3.05) is 37.3 Å². The molecule has 21 heavy (non-hydrogen) atoms. The van der Waals surface area contributed by atoms with Crippen LogP contribution in [0.1, 0.15) is 37.6 Å². The van der Waals surface area contributed by atoms with E-state index in [9.17, 15) is 4.79 Å². The van der Waals surface area contributed by atoms with Gasteiger partial charge in [-0.1, -0.05) is 6.92 Å². The van der Waals surface area contributed by atoms with Gasteiger partial charge in [-0.15, -0.1) is 0 Å². The fourth-order valence-corrected chi connectivity index (χ4v) is 2.55. The van der Waals surface area contributed by atoms with Crippen molar-refractivity contribution in [1.82, 2.24) is 14.9 Å². The first-order chi connectivity index (χ1) is 10.2. The quantitative estimate of drug-likeness (QED) is 0.836. The van der Waals surface area contributed by atoms with Crippen molar-refractivity contribution < 1.29 is 4.79 Å². The van der Waals surface area contributed by atoms with Crippen LogP contribution in [0.4, 0.5) is 11.6 Å². The first kappa shape index (κ1) is 15.5. The molecule has 1 aliphatic rings. The number of aromatic nitrogens is 2. The third kappa shape index (κ3) is 3.83. The van der Waals surface area contributed by atoms with Gasteiger partial charge >= 0.3 is 0 Å². The number of hydrogen-bond acceptors (Lipinski definition) is 5. The summed E-state index contributed by atoms with van der Waals surface area (Å²) in [5.41, 5.74) is 0.951. The zero-order chi connectivity index (χ0) is 15.2. The van der Waals surface area contributed by atoms with E-state index in [2.05, 4.69) is 27.5 Å². The molecule has 0 bridgehead atoms. The van der Waals surface area contributed by atoms with Crippen molar-refractivity contribution in [3.8, 4) is 0 Å². The number of nitrogens with zero attached hydrogens (tertiary/aromatic N) is 3. The van der Waals surface area contributed by atoms with Gasteiger partial charge in [0.1, 0.15) is 17.5 Å². The standard InChI is InChI=1S/C15H25N5O/c1-4-7-12-18-14(16-3)11(2)15(19-12)17-10-13(21)20-8-5-6-9-20/h4-10H2,1-3H3,(H2,16,17,18,19). The lowest BCUT2D eigenvalue weighted by molar-refractivity contribution is -0.128. The normalized spacial score (nSPS) is 14.3. The molecule has 0 aromatic carbocycles. The molecule has 116 valence electrons. The molecule has 2 N–H and O–H groups in total. The Kier molecular flexibility index (Phi) is 5.36. The Morgan fingerprint density at radius 2 is 1.90 bits per heavy atom. The van der Waals surface area contributed by atoms with Crippen LogP contribution >= 0.6 is 0 Å². The number of rotatable bonds is 6. The molecule has 6 heteroatoms. The molecule has 0 unspecified atom stereocenters. The maximum absolute atomic E-state index is 12.1. The van der Waals surface area contributed by atoms with Gasteiger partial charge in [-0.2, -0.15) is 0 Å². The van der Waals surface area contributed by atoms with Crippen LogP contribution in [-0.2, 0) is 11.2 Å². The molecule has 1 amide bonds. The second-order valence-corrected chi connectivity index (χ2v) is 5.40. The Morgan fingerprint density at radius 3 is 2.52 bits per heavy atom. The van der Waals surface area contributed by atoms with Crippen molar-refractivity contribution in [3.05, 3.63) is 11.4 Å². The summed E-state index contributed by atoms with van der Waals surface area (Å²) >= 11 is 0. The van der Waals surface area contributed by atoms with Crippen LogP contribution in [0.2, 0.25) is 0 Å². The van der Waals surface area contributed by atoms with Crippen molar-refractivity contribution in [1.29, 1.82) is 0 Å². The molecule has 2 rings (SSSR count). The van der Waals surface area contributed by atoms with Gasteiger partial charge in [0.25, 0.3) is 0 Å². The smallest absolute Gasteiger partial charge is 0.241 e. The molecule has 0 aliphatic carbocycles. The van der Waals surface area contributed by atoms with Crippen LogP contribution in [-0.4, -0.2) is 47.5 Å². The molecule has 2 heterocycles. The number of anilines is 2. The highest BCUT2D eigenvalue weighted by Gasteiger charge is 2.18. The van der Waals surface area contributed by atoms with Gasteiger partial charge in [0.15, 0.2) is 0 Å². The van der Waals surface area contributed by atoms with E-state index in [0.717, 1.165) is 61.8 Å². The first-order valence-electron chi connectivity index (χ1n) is 7.72. The van der Waals surface area contributed by atoms with E-state index in [1.54, 1.807) is 0 Å². The molecular formula is C15H25N5O. The van der Waals surface area contributed by atoms with Gasteiger partial charge in [-0.25, -0.2) is 9.97 Å². The lowest BCUT2D eigenvalue weighted by Crippen LogP contribution is -2.33. The monoisotopic (exact) mass is 291 g/mol. The molecule has 0 atom stereocenters. The van der Waals surface area contributed by atoms with E-state index < -0.39 is 0 Å². The Balaban J connectivity index is 2.07. The van der Waals surface area contributed by atoms with E-state index in [1.165, 1.54) is 0 Å². The fourth-order valence-electron chi connectivity index (χ4n) is 2.55.